The van der Waals surface area contributed by atoms with Crippen molar-refractivity contribution in [2.45, 2.75) is 331 Å². The number of carbonyl (C=O) groups is 1. The van der Waals surface area contributed by atoms with Gasteiger partial charge in [-0.3, -0.25) is 4.79 Å². The Labute approximate surface area is 505 Å². The van der Waals surface area contributed by atoms with Gasteiger partial charge >= 0.3 is 0 Å². The number of benzene rings is 2. The van der Waals surface area contributed by atoms with E-state index in [0.29, 0.717) is 64.6 Å². The first-order valence-corrected chi connectivity index (χ1v) is 36.7. The van der Waals surface area contributed by atoms with Crippen molar-refractivity contribution < 1.29 is 20.1 Å². The lowest BCUT2D eigenvalue weighted by atomic mass is 9.57. The fourth-order valence-corrected chi connectivity index (χ4v) is 21.0. The van der Waals surface area contributed by atoms with Gasteiger partial charge in [-0.1, -0.05) is 209 Å². The number of allylic oxidation sites excluding steroid dienone is 4. The summed E-state index contributed by atoms with van der Waals surface area (Å²) in [4.78, 5) is 15.4. The summed E-state index contributed by atoms with van der Waals surface area (Å²) in [5.41, 5.74) is 10.9. The summed E-state index contributed by atoms with van der Waals surface area (Å²) >= 11 is 0. The highest BCUT2D eigenvalue weighted by molar-refractivity contribution is 5.87. The van der Waals surface area contributed by atoms with Crippen LogP contribution in [0.1, 0.15) is 347 Å². The molecule has 0 spiro atoms. The Hall–Kier alpha value is -3.11. The van der Waals surface area contributed by atoms with Gasteiger partial charge in [-0.05, 0) is 233 Å². The minimum atomic E-state index is -0.906. The Kier molecular flexibility index (Phi) is 20.0. The first-order chi connectivity index (χ1) is 40.6. The summed E-state index contributed by atoms with van der Waals surface area (Å²) in [6.45, 7) is 4.75. The molecule has 8 saturated carbocycles. The van der Waals surface area contributed by atoms with E-state index in [1.807, 2.05) is 0 Å². The molecule has 0 amide bonds. The van der Waals surface area contributed by atoms with Crippen LogP contribution in [0.3, 0.4) is 0 Å². The average molecular weight is 1130 g/mol. The Balaban J connectivity index is 1.08. The van der Waals surface area contributed by atoms with Crippen LogP contribution in [0.4, 0.5) is 0 Å². The third kappa shape index (κ3) is 13.1. The molecule has 2 aromatic carbocycles. The number of rotatable bonds is 16. The minimum absolute atomic E-state index is 0.0400. The molecular formula is C79H116O4. The number of phenolic OH excluding ortho intramolecular Hbond substituents is 2. The smallest absolute Gasteiger partial charge is 0.143 e. The first kappa shape index (κ1) is 60.2. The lowest BCUT2D eigenvalue weighted by Gasteiger charge is -2.49. The van der Waals surface area contributed by atoms with Crippen molar-refractivity contribution in [1.29, 1.82) is 0 Å². The number of aryl methyl sites for hydroxylation is 1. The van der Waals surface area contributed by atoms with Gasteiger partial charge in [0.05, 0.1) is 5.60 Å². The molecule has 83 heavy (non-hydrogen) atoms. The maximum Gasteiger partial charge on any atom is 0.143 e. The van der Waals surface area contributed by atoms with Crippen LogP contribution >= 0.6 is 0 Å². The molecule has 3 N–H and O–H groups in total. The topological polar surface area (TPSA) is 77.8 Å². The lowest BCUT2D eigenvalue weighted by Crippen LogP contribution is -2.46. The maximum absolute atomic E-state index is 15.4. The van der Waals surface area contributed by atoms with Crippen LogP contribution in [0.2, 0.25) is 0 Å². The summed E-state index contributed by atoms with van der Waals surface area (Å²) in [6.07, 6.45) is 61.1. The predicted octanol–water partition coefficient (Wildman–Crippen LogP) is 21.9. The highest BCUT2D eigenvalue weighted by atomic mass is 16.3. The monoisotopic (exact) mass is 1130 g/mol. The number of aliphatic hydroxyl groups is 1. The van der Waals surface area contributed by atoms with Crippen LogP contribution in [-0.2, 0) is 16.6 Å². The SMILES string of the molecule is CC1C(CCC(CCc2cc(C3CCCCC3)c(O)c(C3CCCCC3)c2)(C2=CC(C3CCCCC3)C(C)(O)C(C3CCCCC3)=C2)c2cc(C3CCCCC3)c(O)c(C3CCCCC3)c2)=CC(C2CCCCC2)C(=O)C1C1CCCCC1. The molecule has 0 aromatic heterocycles. The van der Waals surface area contributed by atoms with Gasteiger partial charge in [0.25, 0.3) is 0 Å². The Morgan fingerprint density at radius 2 is 0.831 bits per heavy atom. The van der Waals surface area contributed by atoms with Crippen molar-refractivity contribution in [3.8, 4) is 11.5 Å². The molecule has 12 rings (SSSR count). The van der Waals surface area contributed by atoms with Gasteiger partial charge in [0, 0.05) is 23.2 Å². The van der Waals surface area contributed by atoms with E-state index in [0.717, 1.165) is 51.4 Å². The van der Waals surface area contributed by atoms with Gasteiger partial charge in [0.2, 0.25) is 0 Å². The van der Waals surface area contributed by atoms with Crippen LogP contribution in [0.15, 0.2) is 59.2 Å². The molecule has 10 aliphatic rings. The molecule has 2 aromatic rings. The van der Waals surface area contributed by atoms with Crippen molar-refractivity contribution in [3.05, 3.63) is 92.6 Å². The number of carbonyl (C=O) groups excluding carboxylic acids is 1. The van der Waals surface area contributed by atoms with Crippen LogP contribution < -0.4 is 0 Å². The van der Waals surface area contributed by atoms with E-state index < -0.39 is 11.0 Å². The molecule has 0 bridgehead atoms. The predicted molar refractivity (Wildman–Crippen MR) is 345 cm³/mol. The zero-order valence-electron chi connectivity index (χ0n) is 52.8. The van der Waals surface area contributed by atoms with E-state index in [1.54, 1.807) is 5.57 Å². The molecule has 10 aliphatic carbocycles. The van der Waals surface area contributed by atoms with Crippen molar-refractivity contribution in [2.75, 3.05) is 0 Å². The van der Waals surface area contributed by atoms with Gasteiger partial charge in [-0.2, -0.15) is 0 Å². The zero-order valence-corrected chi connectivity index (χ0v) is 52.8. The summed E-state index contributed by atoms with van der Waals surface area (Å²) in [5, 5.41) is 39.4. The second-order valence-electron chi connectivity index (χ2n) is 31.0. The van der Waals surface area contributed by atoms with Crippen molar-refractivity contribution in [2.24, 2.45) is 47.3 Å². The minimum Gasteiger partial charge on any atom is -0.507 e. The van der Waals surface area contributed by atoms with Gasteiger partial charge < -0.3 is 15.3 Å². The summed E-state index contributed by atoms with van der Waals surface area (Å²) < 4.78 is 0. The molecule has 6 atom stereocenters. The van der Waals surface area contributed by atoms with Crippen molar-refractivity contribution in [3.63, 3.8) is 0 Å². The Morgan fingerprint density at radius 3 is 1.28 bits per heavy atom. The molecular weight excluding hydrogens is 1010 g/mol. The van der Waals surface area contributed by atoms with E-state index in [1.165, 1.54) is 276 Å². The van der Waals surface area contributed by atoms with Gasteiger partial charge in [-0.25, -0.2) is 0 Å². The van der Waals surface area contributed by atoms with E-state index >= 15 is 4.79 Å². The summed E-state index contributed by atoms with van der Waals surface area (Å²) in [5.74, 6) is 5.64. The molecule has 4 nitrogen and oxygen atoms in total. The Morgan fingerprint density at radius 1 is 0.458 bits per heavy atom. The summed E-state index contributed by atoms with van der Waals surface area (Å²) in [6, 6.07) is 10.3. The van der Waals surface area contributed by atoms with Crippen LogP contribution in [0, 0.1) is 47.3 Å². The third-order valence-electron chi connectivity index (χ3n) is 26.0. The quantitative estimate of drug-likeness (QED) is 0.146. The molecule has 0 aliphatic heterocycles. The molecule has 456 valence electrons. The highest BCUT2D eigenvalue weighted by Gasteiger charge is 2.50. The summed E-state index contributed by atoms with van der Waals surface area (Å²) in [7, 11) is 0. The number of ketones is 1. The maximum atomic E-state index is 15.4. The van der Waals surface area contributed by atoms with E-state index in [4.69, 9.17) is 0 Å². The normalized spacial score (nSPS) is 30.6. The molecule has 0 saturated heterocycles. The van der Waals surface area contributed by atoms with Gasteiger partial charge in [0.1, 0.15) is 17.3 Å². The Bertz CT molecular complexity index is 2480. The fraction of sp³-hybridized carbons (Fsp3) is 0.759. The average Bonchev–Trinajstić information content (AvgIpc) is 2.85. The second kappa shape index (κ2) is 27.5. The van der Waals surface area contributed by atoms with Crippen molar-refractivity contribution in [1.82, 2.24) is 0 Å². The number of hydrogen-bond donors (Lipinski definition) is 3. The van der Waals surface area contributed by atoms with E-state index in [2.05, 4.69) is 56.3 Å². The molecule has 0 heterocycles. The lowest BCUT2D eigenvalue weighted by molar-refractivity contribution is -0.131. The fourth-order valence-electron chi connectivity index (χ4n) is 21.0. The van der Waals surface area contributed by atoms with Crippen LogP contribution in [-0.4, -0.2) is 26.7 Å². The van der Waals surface area contributed by atoms with E-state index in [-0.39, 0.29) is 23.7 Å². The first-order valence-electron chi connectivity index (χ1n) is 36.7. The standard InChI is InChI=1S/C79H116O4/c1-54-64(49-69(58-31-15-5-16-32-58)77(82)74(54)63-41-25-10-26-42-63)44-46-79(65-50-70(59-33-17-6-18-34-59)76(81)71(51-65)60-35-19-7-20-36-60,66-52-72(61-37-21-8-22-38-61)78(2,83)73(53-66)62-39-23-9-24-40-62)45-43-55-47-67(56-27-11-3-12-28-56)75(80)68(48-55)57-29-13-4-14-30-57/h47-54,56-63,69,72,74,80-81,83H,3-46H2,1-2H3. The molecule has 6 unspecified atom stereocenters. The van der Waals surface area contributed by atoms with Gasteiger partial charge in [-0.15, -0.1) is 0 Å². The molecule has 8 fully saturated rings. The largest absolute Gasteiger partial charge is 0.507 e. The van der Waals surface area contributed by atoms with Crippen LogP contribution in [0.25, 0.3) is 0 Å². The molecule has 4 heteroatoms. The molecule has 0 radical (unpaired) electrons. The van der Waals surface area contributed by atoms with E-state index in [9.17, 15) is 15.3 Å². The number of aromatic hydroxyl groups is 2. The van der Waals surface area contributed by atoms with Crippen molar-refractivity contribution >= 4 is 5.78 Å². The number of phenols is 2. The second-order valence-corrected chi connectivity index (χ2v) is 31.0. The zero-order chi connectivity index (χ0) is 56.9. The third-order valence-corrected chi connectivity index (χ3v) is 26.0. The van der Waals surface area contributed by atoms with Gasteiger partial charge in [0.15, 0.2) is 0 Å². The number of hydrogen-bond acceptors (Lipinski definition) is 4. The van der Waals surface area contributed by atoms with Crippen LogP contribution in [0.5, 0.6) is 11.5 Å². The highest BCUT2D eigenvalue weighted by Crippen LogP contribution is 2.57. The number of Topliss-reactive ketones (excluding diaryl/α,β-unsaturated/α-hetero) is 1.